The van der Waals surface area contributed by atoms with E-state index < -0.39 is 29.9 Å². The van der Waals surface area contributed by atoms with Crippen LogP contribution >= 0.6 is 11.3 Å². The zero-order valence-electron chi connectivity index (χ0n) is 20.1. The largest absolute Gasteiger partial charge is 0.491 e. The van der Waals surface area contributed by atoms with Gasteiger partial charge in [-0.2, -0.15) is 13.2 Å². The average Bonchev–Trinajstić information content (AvgIpc) is 3.58. The highest BCUT2D eigenvalue weighted by molar-refractivity contribution is 7.21. The lowest BCUT2D eigenvalue weighted by atomic mass is 9.89. The number of hydrogen-bond donors (Lipinski definition) is 0. The molecule has 1 aliphatic carbocycles. The Labute approximate surface area is 223 Å². The Morgan fingerprint density at radius 1 is 1.03 bits per heavy atom. The van der Waals surface area contributed by atoms with Crippen molar-refractivity contribution >= 4 is 33.6 Å². The quantitative estimate of drug-likeness (QED) is 0.138. The molecule has 1 saturated heterocycles. The van der Waals surface area contributed by atoms with Crippen LogP contribution < -0.4 is 0 Å². The first kappa shape index (κ1) is 25.3. The van der Waals surface area contributed by atoms with E-state index >= 15 is 4.39 Å². The molecule has 0 spiro atoms. The van der Waals surface area contributed by atoms with Gasteiger partial charge in [-0.05, 0) is 35.4 Å². The van der Waals surface area contributed by atoms with Crippen molar-refractivity contribution in [3.8, 4) is 10.6 Å². The van der Waals surface area contributed by atoms with E-state index in [1.807, 2.05) is 30.3 Å². The number of esters is 2. The van der Waals surface area contributed by atoms with E-state index in [0.29, 0.717) is 21.8 Å². The number of halogens is 4. The molecule has 1 aliphatic heterocycles. The number of aromatic nitrogens is 2. The summed E-state index contributed by atoms with van der Waals surface area (Å²) in [4.78, 5) is 33.7. The van der Waals surface area contributed by atoms with Gasteiger partial charge in [-0.3, -0.25) is 9.69 Å². The summed E-state index contributed by atoms with van der Waals surface area (Å²) in [6.45, 7) is 0.505. The second-order valence-electron chi connectivity index (χ2n) is 9.52. The van der Waals surface area contributed by atoms with Crippen LogP contribution in [0.3, 0.4) is 0 Å². The van der Waals surface area contributed by atoms with E-state index in [0.717, 1.165) is 16.0 Å². The van der Waals surface area contributed by atoms with E-state index in [2.05, 4.69) is 34.0 Å². The molecule has 198 valence electrons. The van der Waals surface area contributed by atoms with Gasteiger partial charge in [0.15, 0.2) is 5.65 Å². The predicted octanol–water partition coefficient (Wildman–Crippen LogP) is 5.42. The monoisotopic (exact) mass is 553 g/mol. The molecule has 0 N–H and O–H groups in total. The van der Waals surface area contributed by atoms with Crippen LogP contribution in [0.2, 0.25) is 0 Å². The molecule has 0 saturated carbocycles. The number of thiazole rings is 1. The Bertz CT molecular complexity index is 1620. The molecule has 0 bridgehead atoms. The molecule has 11 heteroatoms. The Morgan fingerprint density at radius 3 is 2.44 bits per heavy atom. The van der Waals surface area contributed by atoms with Gasteiger partial charge in [-0.1, -0.05) is 48.6 Å². The van der Waals surface area contributed by atoms with Crippen molar-refractivity contribution in [2.45, 2.75) is 18.1 Å². The van der Waals surface area contributed by atoms with E-state index in [9.17, 15) is 22.8 Å². The third-order valence-corrected chi connectivity index (χ3v) is 7.86. The zero-order valence-corrected chi connectivity index (χ0v) is 20.9. The lowest BCUT2D eigenvalue weighted by Gasteiger charge is -2.37. The van der Waals surface area contributed by atoms with E-state index in [1.54, 1.807) is 17.0 Å². The average molecular weight is 554 g/mol. The number of fused-ring (bicyclic) bond motifs is 1. The lowest BCUT2D eigenvalue weighted by Crippen LogP contribution is -2.51. The molecule has 4 aromatic rings. The zero-order chi connectivity index (χ0) is 27.4. The van der Waals surface area contributed by atoms with Gasteiger partial charge in [0.05, 0.1) is 21.7 Å². The third kappa shape index (κ3) is 4.83. The number of ether oxygens (including phenoxy) is 1. The molecule has 0 amide bonds. The summed E-state index contributed by atoms with van der Waals surface area (Å²) in [6.07, 6.45) is -1.04. The molecule has 6 rings (SSSR count). The summed E-state index contributed by atoms with van der Waals surface area (Å²) in [5.41, 5.74) is 3.14. The SMILES string of the molecule is O=C(OC(=O)C(F)(F)F)C1CN(Cc2ccc(-c3nc4nc(C5(c6ccccc6)C=C5)ccc4s3)c(F)c2)C1. The van der Waals surface area contributed by atoms with E-state index in [-0.39, 0.29) is 25.0 Å². The summed E-state index contributed by atoms with van der Waals surface area (Å²) in [5.74, 6) is -5.05. The number of benzene rings is 2. The van der Waals surface area contributed by atoms with Gasteiger partial charge < -0.3 is 4.74 Å². The Balaban J connectivity index is 1.12. The van der Waals surface area contributed by atoms with Crippen LogP contribution in [0, 0.1) is 11.7 Å². The maximum absolute atomic E-state index is 15.1. The molecule has 2 aromatic carbocycles. The minimum absolute atomic E-state index is 0.110. The van der Waals surface area contributed by atoms with Crippen LogP contribution in [0.5, 0.6) is 0 Å². The highest BCUT2D eigenvalue weighted by atomic mass is 32.1. The number of allylic oxidation sites excluding steroid dienone is 2. The lowest BCUT2D eigenvalue weighted by molar-refractivity contribution is -0.204. The standard InChI is InChI=1S/C28H19F4N3O3S/c29-20-12-16(13-35-14-17(15-35)25(36)38-26(37)28(30,31)32)6-7-19(20)24-34-23-21(39-24)8-9-22(33-23)27(10-11-27)18-4-2-1-3-5-18/h1-12,17H,13-15H2. The second kappa shape index (κ2) is 9.35. The molecular formula is C28H19F4N3O3S. The van der Waals surface area contributed by atoms with Crippen LogP contribution in [0.25, 0.3) is 20.9 Å². The topological polar surface area (TPSA) is 72.4 Å². The molecule has 0 radical (unpaired) electrons. The van der Waals surface area contributed by atoms with E-state index in [4.69, 9.17) is 4.98 Å². The first-order valence-corrected chi connectivity index (χ1v) is 12.8. The van der Waals surface area contributed by atoms with Gasteiger partial charge >= 0.3 is 18.1 Å². The van der Waals surface area contributed by atoms with Gasteiger partial charge in [0, 0.05) is 25.2 Å². The van der Waals surface area contributed by atoms with Crippen LogP contribution in [-0.4, -0.2) is 46.1 Å². The Morgan fingerprint density at radius 2 is 1.77 bits per heavy atom. The summed E-state index contributed by atoms with van der Waals surface area (Å²) in [6, 6.07) is 18.7. The van der Waals surface area contributed by atoms with Crippen molar-refractivity contribution in [3.63, 3.8) is 0 Å². The number of rotatable bonds is 6. The number of pyridine rings is 1. The van der Waals surface area contributed by atoms with Gasteiger partial charge in [0.1, 0.15) is 10.8 Å². The fraction of sp³-hybridized carbons (Fsp3) is 0.214. The molecule has 0 unspecified atom stereocenters. The number of carbonyl (C=O) groups excluding carboxylic acids is 2. The predicted molar refractivity (Wildman–Crippen MR) is 135 cm³/mol. The van der Waals surface area contributed by atoms with Crippen LogP contribution in [0.1, 0.15) is 16.8 Å². The molecule has 1 fully saturated rings. The summed E-state index contributed by atoms with van der Waals surface area (Å²) >= 11 is 1.34. The van der Waals surface area contributed by atoms with Crippen molar-refractivity contribution in [3.05, 3.63) is 95.5 Å². The van der Waals surface area contributed by atoms with Crippen molar-refractivity contribution < 1.29 is 31.9 Å². The minimum Gasteiger partial charge on any atom is -0.386 e. The van der Waals surface area contributed by atoms with E-state index in [1.165, 1.54) is 17.4 Å². The third-order valence-electron chi connectivity index (χ3n) is 6.81. The fourth-order valence-electron chi connectivity index (χ4n) is 4.64. The van der Waals surface area contributed by atoms with Crippen molar-refractivity contribution in [2.24, 2.45) is 5.92 Å². The number of likely N-dealkylation sites (tertiary alicyclic amines) is 1. The smallest absolute Gasteiger partial charge is 0.386 e. The second-order valence-corrected chi connectivity index (χ2v) is 10.5. The highest BCUT2D eigenvalue weighted by Gasteiger charge is 2.45. The van der Waals surface area contributed by atoms with Gasteiger partial charge in [0.25, 0.3) is 0 Å². The van der Waals surface area contributed by atoms with Crippen LogP contribution in [0.4, 0.5) is 17.6 Å². The Kier molecular flexibility index (Phi) is 6.07. The Hall–Kier alpha value is -3.96. The molecule has 6 nitrogen and oxygen atoms in total. The number of nitrogens with zero attached hydrogens (tertiary/aromatic N) is 3. The van der Waals surface area contributed by atoms with Gasteiger partial charge in [-0.25, -0.2) is 19.2 Å². The summed E-state index contributed by atoms with van der Waals surface area (Å²) in [7, 11) is 0. The number of alkyl halides is 3. The van der Waals surface area contributed by atoms with Crippen molar-refractivity contribution in [1.82, 2.24) is 14.9 Å². The molecule has 0 atom stereocenters. The number of carbonyl (C=O) groups is 2. The first-order valence-electron chi connectivity index (χ1n) is 12.0. The molecule has 2 aromatic heterocycles. The fourth-order valence-corrected chi connectivity index (χ4v) is 5.58. The van der Waals surface area contributed by atoms with Crippen LogP contribution in [-0.2, 0) is 26.3 Å². The molecule has 39 heavy (non-hydrogen) atoms. The first-order chi connectivity index (χ1) is 18.6. The van der Waals surface area contributed by atoms with Crippen molar-refractivity contribution in [2.75, 3.05) is 13.1 Å². The van der Waals surface area contributed by atoms with Crippen LogP contribution in [0.15, 0.2) is 72.8 Å². The van der Waals surface area contributed by atoms with Gasteiger partial charge in [-0.15, -0.1) is 11.3 Å². The summed E-state index contributed by atoms with van der Waals surface area (Å²) in [5, 5.41) is 0.498. The molecular weight excluding hydrogens is 534 g/mol. The maximum atomic E-state index is 15.1. The minimum atomic E-state index is -5.22. The van der Waals surface area contributed by atoms with Crippen molar-refractivity contribution in [1.29, 1.82) is 0 Å². The number of hydrogen-bond acceptors (Lipinski definition) is 7. The van der Waals surface area contributed by atoms with Gasteiger partial charge in [0.2, 0.25) is 0 Å². The maximum Gasteiger partial charge on any atom is 0.491 e. The summed E-state index contributed by atoms with van der Waals surface area (Å²) < 4.78 is 56.6. The normalized spacial score (nSPS) is 16.7. The highest BCUT2D eigenvalue weighted by Crippen LogP contribution is 2.45. The molecule has 2 aliphatic rings. The molecule has 3 heterocycles.